The van der Waals surface area contributed by atoms with Gasteiger partial charge in [0.2, 0.25) is 0 Å². The zero-order chi connectivity index (χ0) is 9.61. The van der Waals surface area contributed by atoms with Gasteiger partial charge < -0.3 is 5.73 Å². The van der Waals surface area contributed by atoms with Gasteiger partial charge in [0.05, 0.1) is 0 Å². The van der Waals surface area contributed by atoms with Crippen LogP contribution in [0.5, 0.6) is 0 Å². The van der Waals surface area contributed by atoms with Crippen molar-refractivity contribution >= 4 is 0 Å². The molecular weight excluding hydrogens is 146 g/mol. The minimum atomic E-state index is 0.392. The van der Waals surface area contributed by atoms with Crippen molar-refractivity contribution in [2.24, 2.45) is 17.1 Å². The van der Waals surface area contributed by atoms with Crippen molar-refractivity contribution in [1.29, 1.82) is 0 Å². The van der Waals surface area contributed by atoms with Gasteiger partial charge in [-0.1, -0.05) is 40.5 Å². The Morgan fingerprint density at radius 2 is 1.92 bits per heavy atom. The Kier molecular flexibility index (Phi) is 5.56. The third-order valence-electron chi connectivity index (χ3n) is 3.28. The molecule has 0 aliphatic rings. The number of hydrogen-bond donors (Lipinski definition) is 1. The third-order valence-corrected chi connectivity index (χ3v) is 3.28. The Hall–Kier alpha value is -0.0400. The quantitative estimate of drug-likeness (QED) is 0.652. The van der Waals surface area contributed by atoms with Crippen LogP contribution in [0.15, 0.2) is 0 Å². The zero-order valence-corrected chi connectivity index (χ0v) is 9.19. The van der Waals surface area contributed by atoms with Crippen LogP contribution >= 0.6 is 0 Å². The first kappa shape index (κ1) is 12.0. The number of nitrogens with two attached hydrogens (primary N) is 1. The fourth-order valence-electron chi connectivity index (χ4n) is 1.22. The van der Waals surface area contributed by atoms with Gasteiger partial charge in [-0.05, 0) is 30.7 Å². The van der Waals surface area contributed by atoms with Crippen molar-refractivity contribution in [3.63, 3.8) is 0 Å². The molecule has 0 saturated carbocycles. The Bertz CT molecular complexity index is 106. The monoisotopic (exact) mass is 171 g/mol. The van der Waals surface area contributed by atoms with Crippen LogP contribution in [0.2, 0.25) is 0 Å². The fraction of sp³-hybridized carbons (Fsp3) is 1.00. The van der Waals surface area contributed by atoms with Crippen molar-refractivity contribution in [3.05, 3.63) is 0 Å². The molecule has 1 nitrogen and oxygen atoms in total. The first-order valence-corrected chi connectivity index (χ1v) is 5.28. The van der Waals surface area contributed by atoms with Crippen molar-refractivity contribution in [2.45, 2.75) is 53.4 Å². The molecule has 0 fully saturated rings. The van der Waals surface area contributed by atoms with Crippen molar-refractivity contribution in [3.8, 4) is 0 Å². The largest absolute Gasteiger partial charge is 0.330 e. The Morgan fingerprint density at radius 1 is 1.33 bits per heavy atom. The maximum Gasteiger partial charge on any atom is -0.00233 e. The van der Waals surface area contributed by atoms with Crippen LogP contribution in [-0.4, -0.2) is 6.54 Å². The molecule has 0 heterocycles. The van der Waals surface area contributed by atoms with E-state index in [2.05, 4.69) is 27.7 Å². The van der Waals surface area contributed by atoms with Crippen LogP contribution in [0, 0.1) is 11.3 Å². The van der Waals surface area contributed by atoms with Gasteiger partial charge in [-0.25, -0.2) is 0 Å². The van der Waals surface area contributed by atoms with Gasteiger partial charge in [-0.2, -0.15) is 0 Å². The highest BCUT2D eigenvalue weighted by molar-refractivity contribution is 4.74. The molecule has 0 aromatic rings. The molecule has 1 heteroatoms. The molecule has 0 radical (unpaired) electrons. The topological polar surface area (TPSA) is 26.0 Å². The highest BCUT2D eigenvalue weighted by atomic mass is 14.6. The van der Waals surface area contributed by atoms with E-state index >= 15 is 0 Å². The lowest BCUT2D eigenvalue weighted by molar-refractivity contribution is 0.266. The molecule has 0 aliphatic carbocycles. The zero-order valence-electron chi connectivity index (χ0n) is 9.19. The molecule has 0 aliphatic heterocycles. The third kappa shape index (κ3) is 4.10. The normalized spacial score (nSPS) is 18.8. The van der Waals surface area contributed by atoms with E-state index < -0.39 is 0 Å². The summed E-state index contributed by atoms with van der Waals surface area (Å²) in [5.41, 5.74) is 6.14. The first-order valence-electron chi connectivity index (χ1n) is 5.28. The molecule has 2 atom stereocenters. The SMILES string of the molecule is CCC(C)CCC(C)(CC)CN. The Balaban J connectivity index is 3.72. The van der Waals surface area contributed by atoms with Gasteiger partial charge in [0.15, 0.2) is 0 Å². The standard InChI is InChI=1S/C11H25N/c1-5-10(3)7-8-11(4,6-2)9-12/h10H,5-9,12H2,1-4H3. The Morgan fingerprint density at radius 3 is 2.25 bits per heavy atom. The van der Waals surface area contributed by atoms with E-state index in [4.69, 9.17) is 5.73 Å². The summed E-state index contributed by atoms with van der Waals surface area (Å²) in [6, 6.07) is 0. The highest BCUT2D eigenvalue weighted by Gasteiger charge is 2.20. The van der Waals surface area contributed by atoms with Crippen LogP contribution in [0.1, 0.15) is 53.4 Å². The molecule has 2 N–H and O–H groups in total. The van der Waals surface area contributed by atoms with Crippen LogP contribution in [0.3, 0.4) is 0 Å². The van der Waals surface area contributed by atoms with E-state index in [1.165, 1.54) is 25.7 Å². The molecule has 0 bridgehead atoms. The number of hydrogen-bond acceptors (Lipinski definition) is 1. The van der Waals surface area contributed by atoms with Crippen LogP contribution in [-0.2, 0) is 0 Å². The lowest BCUT2D eigenvalue weighted by Gasteiger charge is -2.27. The molecule has 74 valence electrons. The summed E-state index contributed by atoms with van der Waals surface area (Å²) in [5, 5.41) is 0. The maximum absolute atomic E-state index is 5.75. The molecule has 0 spiro atoms. The molecule has 0 amide bonds. The summed E-state index contributed by atoms with van der Waals surface area (Å²) in [4.78, 5) is 0. The van der Waals surface area contributed by atoms with Gasteiger partial charge in [0, 0.05) is 0 Å². The van der Waals surface area contributed by atoms with E-state index in [9.17, 15) is 0 Å². The van der Waals surface area contributed by atoms with E-state index in [0.29, 0.717) is 5.41 Å². The molecule has 12 heavy (non-hydrogen) atoms. The summed E-state index contributed by atoms with van der Waals surface area (Å²) in [7, 11) is 0. The van der Waals surface area contributed by atoms with Crippen molar-refractivity contribution in [1.82, 2.24) is 0 Å². The van der Waals surface area contributed by atoms with E-state index in [1.54, 1.807) is 0 Å². The van der Waals surface area contributed by atoms with E-state index in [1.807, 2.05) is 0 Å². The summed E-state index contributed by atoms with van der Waals surface area (Å²) in [6.45, 7) is 9.96. The smallest absolute Gasteiger partial charge is 0.00233 e. The van der Waals surface area contributed by atoms with E-state index in [-0.39, 0.29) is 0 Å². The first-order chi connectivity index (χ1) is 5.58. The average molecular weight is 171 g/mol. The minimum absolute atomic E-state index is 0.392. The summed E-state index contributed by atoms with van der Waals surface area (Å²) < 4.78 is 0. The molecular formula is C11H25N. The minimum Gasteiger partial charge on any atom is -0.330 e. The lowest BCUT2D eigenvalue weighted by atomic mass is 9.80. The highest BCUT2D eigenvalue weighted by Crippen LogP contribution is 2.28. The molecule has 0 rings (SSSR count). The van der Waals surface area contributed by atoms with Crippen LogP contribution in [0.4, 0.5) is 0 Å². The lowest BCUT2D eigenvalue weighted by Crippen LogP contribution is -2.26. The van der Waals surface area contributed by atoms with Gasteiger partial charge >= 0.3 is 0 Å². The molecule has 0 saturated heterocycles. The predicted molar refractivity (Wildman–Crippen MR) is 56.1 cm³/mol. The van der Waals surface area contributed by atoms with Crippen molar-refractivity contribution < 1.29 is 0 Å². The fourth-order valence-corrected chi connectivity index (χ4v) is 1.22. The van der Waals surface area contributed by atoms with Crippen LogP contribution < -0.4 is 5.73 Å². The molecule has 0 aromatic heterocycles. The predicted octanol–water partition coefficient (Wildman–Crippen LogP) is 3.19. The number of rotatable bonds is 6. The maximum atomic E-state index is 5.75. The summed E-state index contributed by atoms with van der Waals surface area (Å²) in [6.07, 6.45) is 5.12. The van der Waals surface area contributed by atoms with Gasteiger partial charge in [0.1, 0.15) is 0 Å². The molecule has 2 unspecified atom stereocenters. The van der Waals surface area contributed by atoms with Crippen molar-refractivity contribution in [2.75, 3.05) is 6.54 Å². The average Bonchev–Trinajstić information content (AvgIpc) is 2.13. The van der Waals surface area contributed by atoms with Gasteiger partial charge in [-0.3, -0.25) is 0 Å². The Labute approximate surface area is 77.7 Å². The van der Waals surface area contributed by atoms with Gasteiger partial charge in [0.25, 0.3) is 0 Å². The summed E-state index contributed by atoms with van der Waals surface area (Å²) >= 11 is 0. The summed E-state index contributed by atoms with van der Waals surface area (Å²) in [5.74, 6) is 0.863. The van der Waals surface area contributed by atoms with E-state index in [0.717, 1.165) is 12.5 Å². The van der Waals surface area contributed by atoms with Crippen LogP contribution in [0.25, 0.3) is 0 Å². The van der Waals surface area contributed by atoms with Gasteiger partial charge in [-0.15, -0.1) is 0 Å². The molecule has 0 aromatic carbocycles. The second-order valence-corrected chi connectivity index (χ2v) is 4.42. The second-order valence-electron chi connectivity index (χ2n) is 4.42. The second kappa shape index (κ2) is 5.58.